The van der Waals surface area contributed by atoms with E-state index in [9.17, 15) is 0 Å². The van der Waals surface area contributed by atoms with Gasteiger partial charge >= 0.3 is 0 Å². The Bertz CT molecular complexity index is 769. The Hall–Kier alpha value is -2.73. The van der Waals surface area contributed by atoms with Crippen LogP contribution in [0, 0.1) is 0 Å². The molecular weight excluding hydrogens is 376 g/mol. The first kappa shape index (κ1) is 22.0. The van der Waals surface area contributed by atoms with Crippen LogP contribution in [0.15, 0.2) is 53.5 Å². The molecule has 0 saturated carbocycles. The van der Waals surface area contributed by atoms with Gasteiger partial charge in [0.25, 0.3) is 0 Å². The molecule has 6 heteroatoms. The van der Waals surface area contributed by atoms with Gasteiger partial charge in [0.05, 0.1) is 7.11 Å². The average Bonchev–Trinajstić information content (AvgIpc) is 3.29. The zero-order valence-corrected chi connectivity index (χ0v) is 18.0. The van der Waals surface area contributed by atoms with E-state index in [1.807, 2.05) is 24.3 Å². The van der Waals surface area contributed by atoms with Gasteiger partial charge in [-0.3, -0.25) is 9.89 Å². The predicted octanol–water partition coefficient (Wildman–Crippen LogP) is 2.86. The van der Waals surface area contributed by atoms with Crippen LogP contribution in [0.3, 0.4) is 0 Å². The van der Waals surface area contributed by atoms with Crippen LogP contribution in [0.1, 0.15) is 24.0 Å². The molecule has 0 aromatic heterocycles. The lowest BCUT2D eigenvalue weighted by Gasteiger charge is -2.15. The fourth-order valence-electron chi connectivity index (χ4n) is 3.54. The Morgan fingerprint density at radius 3 is 2.27 bits per heavy atom. The van der Waals surface area contributed by atoms with Gasteiger partial charge in [-0.2, -0.15) is 0 Å². The molecule has 0 unspecified atom stereocenters. The first-order valence-electron chi connectivity index (χ1n) is 10.8. The molecule has 2 aromatic carbocycles. The van der Waals surface area contributed by atoms with Gasteiger partial charge in [-0.1, -0.05) is 24.3 Å². The number of rotatable bonds is 11. The minimum atomic E-state index is 0.491. The molecule has 2 aromatic rings. The van der Waals surface area contributed by atoms with Gasteiger partial charge < -0.3 is 20.5 Å². The summed E-state index contributed by atoms with van der Waals surface area (Å²) in [5.74, 6) is 2.29. The Morgan fingerprint density at radius 2 is 1.60 bits per heavy atom. The second-order valence-corrected chi connectivity index (χ2v) is 7.58. The fourth-order valence-corrected chi connectivity index (χ4v) is 3.54. The molecule has 1 fully saturated rings. The minimum absolute atomic E-state index is 0.491. The molecule has 6 nitrogen and oxygen atoms in total. The quantitative estimate of drug-likeness (QED) is 0.440. The van der Waals surface area contributed by atoms with E-state index in [4.69, 9.17) is 15.2 Å². The molecule has 0 radical (unpaired) electrons. The molecule has 1 aliphatic rings. The van der Waals surface area contributed by atoms with Crippen molar-refractivity contribution in [3.05, 3.63) is 59.7 Å². The van der Waals surface area contributed by atoms with Crippen LogP contribution >= 0.6 is 0 Å². The second-order valence-electron chi connectivity index (χ2n) is 7.58. The lowest BCUT2D eigenvalue weighted by molar-refractivity contribution is 0.238. The third-order valence-electron chi connectivity index (χ3n) is 5.36. The van der Waals surface area contributed by atoms with Crippen molar-refractivity contribution in [2.75, 3.05) is 46.4 Å². The zero-order chi connectivity index (χ0) is 21.0. The summed E-state index contributed by atoms with van der Waals surface area (Å²) in [4.78, 5) is 6.88. The van der Waals surface area contributed by atoms with Gasteiger partial charge in [0.2, 0.25) is 0 Å². The molecule has 162 valence electrons. The number of hydrogen-bond acceptors (Lipinski definition) is 4. The van der Waals surface area contributed by atoms with Crippen LogP contribution in [0.4, 0.5) is 0 Å². The van der Waals surface area contributed by atoms with E-state index in [2.05, 4.69) is 39.5 Å². The van der Waals surface area contributed by atoms with Crippen LogP contribution in [0.25, 0.3) is 0 Å². The predicted molar refractivity (Wildman–Crippen MR) is 123 cm³/mol. The highest BCUT2D eigenvalue weighted by Gasteiger charge is 2.10. The van der Waals surface area contributed by atoms with Crippen LogP contribution in [0.5, 0.6) is 11.5 Å². The van der Waals surface area contributed by atoms with Crippen molar-refractivity contribution in [1.29, 1.82) is 0 Å². The zero-order valence-electron chi connectivity index (χ0n) is 18.0. The summed E-state index contributed by atoms with van der Waals surface area (Å²) in [6, 6.07) is 16.4. The normalized spacial score (nSPS) is 14.6. The number of likely N-dealkylation sites (tertiary alicyclic amines) is 1. The lowest BCUT2D eigenvalue weighted by atomic mass is 10.1. The molecule has 0 bridgehead atoms. The standard InChI is InChI=1S/C24H34N4O2/c1-29-22-8-4-20(5-9-22)12-14-26-24(25)27-15-13-21-6-10-23(11-7-21)30-19-18-28-16-2-3-17-28/h4-11H,2-3,12-19H2,1H3,(H3,25,26,27). The highest BCUT2D eigenvalue weighted by atomic mass is 16.5. The molecule has 0 atom stereocenters. The number of nitrogens with one attached hydrogen (secondary N) is 1. The Morgan fingerprint density at radius 1 is 0.967 bits per heavy atom. The van der Waals surface area contributed by atoms with Crippen molar-refractivity contribution < 1.29 is 9.47 Å². The average molecular weight is 411 g/mol. The molecule has 0 spiro atoms. The van der Waals surface area contributed by atoms with Gasteiger partial charge in [-0.25, -0.2) is 0 Å². The van der Waals surface area contributed by atoms with Crippen molar-refractivity contribution >= 4 is 5.96 Å². The number of benzene rings is 2. The highest BCUT2D eigenvalue weighted by Crippen LogP contribution is 2.14. The summed E-state index contributed by atoms with van der Waals surface area (Å²) in [6.45, 7) is 5.61. The molecule has 1 heterocycles. The first-order chi connectivity index (χ1) is 14.7. The van der Waals surface area contributed by atoms with Crippen molar-refractivity contribution in [3.63, 3.8) is 0 Å². The summed E-state index contributed by atoms with van der Waals surface area (Å²) in [7, 11) is 1.67. The number of hydrogen-bond donors (Lipinski definition) is 2. The summed E-state index contributed by atoms with van der Waals surface area (Å²) in [6.07, 6.45) is 4.38. The van der Waals surface area contributed by atoms with E-state index in [0.29, 0.717) is 12.5 Å². The maximum Gasteiger partial charge on any atom is 0.188 e. The van der Waals surface area contributed by atoms with Crippen LogP contribution in [-0.2, 0) is 12.8 Å². The monoisotopic (exact) mass is 410 g/mol. The number of nitrogens with two attached hydrogens (primary N) is 1. The van der Waals surface area contributed by atoms with E-state index in [0.717, 1.165) is 44.0 Å². The van der Waals surface area contributed by atoms with Crippen molar-refractivity contribution in [1.82, 2.24) is 10.2 Å². The number of nitrogens with zero attached hydrogens (tertiary/aromatic N) is 2. The summed E-state index contributed by atoms with van der Waals surface area (Å²) < 4.78 is 11.0. The molecule has 30 heavy (non-hydrogen) atoms. The maximum atomic E-state index is 5.97. The van der Waals surface area contributed by atoms with E-state index in [1.54, 1.807) is 7.11 Å². The van der Waals surface area contributed by atoms with E-state index < -0.39 is 0 Å². The summed E-state index contributed by atoms with van der Waals surface area (Å²) in [5, 5.41) is 3.17. The number of aliphatic imine (C=N–C) groups is 1. The van der Waals surface area contributed by atoms with Crippen LogP contribution in [-0.4, -0.2) is 57.3 Å². The third kappa shape index (κ3) is 7.59. The van der Waals surface area contributed by atoms with E-state index in [-0.39, 0.29) is 0 Å². The molecule has 1 saturated heterocycles. The highest BCUT2D eigenvalue weighted by molar-refractivity contribution is 5.77. The van der Waals surface area contributed by atoms with E-state index in [1.165, 1.54) is 37.1 Å². The summed E-state index contributed by atoms with van der Waals surface area (Å²) in [5.41, 5.74) is 8.44. The SMILES string of the molecule is COc1ccc(CCNC(N)=NCCc2ccc(OCCN3CCCC3)cc2)cc1. The van der Waals surface area contributed by atoms with Crippen molar-refractivity contribution in [3.8, 4) is 11.5 Å². The Kier molecular flexibility index (Phi) is 8.84. The topological polar surface area (TPSA) is 72.1 Å². The largest absolute Gasteiger partial charge is 0.497 e. The van der Waals surface area contributed by atoms with Gasteiger partial charge in [0.1, 0.15) is 18.1 Å². The molecule has 0 amide bonds. The van der Waals surface area contributed by atoms with Crippen LogP contribution in [0.2, 0.25) is 0 Å². The Labute approximate surface area is 180 Å². The third-order valence-corrected chi connectivity index (χ3v) is 5.36. The summed E-state index contributed by atoms with van der Waals surface area (Å²) >= 11 is 0. The number of ether oxygens (including phenoxy) is 2. The fraction of sp³-hybridized carbons (Fsp3) is 0.458. The first-order valence-corrected chi connectivity index (χ1v) is 10.8. The molecular formula is C24H34N4O2. The smallest absolute Gasteiger partial charge is 0.188 e. The number of guanidine groups is 1. The van der Waals surface area contributed by atoms with Gasteiger partial charge in [-0.15, -0.1) is 0 Å². The minimum Gasteiger partial charge on any atom is -0.497 e. The van der Waals surface area contributed by atoms with Gasteiger partial charge in [0, 0.05) is 19.6 Å². The molecule has 3 N–H and O–H groups in total. The number of methoxy groups -OCH3 is 1. The molecule has 3 rings (SSSR count). The second kappa shape index (κ2) is 12.1. The van der Waals surface area contributed by atoms with Gasteiger partial charge in [0.15, 0.2) is 5.96 Å². The van der Waals surface area contributed by atoms with Crippen molar-refractivity contribution in [2.45, 2.75) is 25.7 Å². The van der Waals surface area contributed by atoms with Crippen LogP contribution < -0.4 is 20.5 Å². The Balaban J connectivity index is 1.30. The van der Waals surface area contributed by atoms with Crippen molar-refractivity contribution in [2.24, 2.45) is 10.7 Å². The van der Waals surface area contributed by atoms with E-state index >= 15 is 0 Å². The maximum absolute atomic E-state index is 5.97. The molecule has 1 aliphatic heterocycles. The molecule has 0 aliphatic carbocycles. The lowest BCUT2D eigenvalue weighted by Crippen LogP contribution is -2.33. The van der Waals surface area contributed by atoms with Gasteiger partial charge in [-0.05, 0) is 74.2 Å².